The highest BCUT2D eigenvalue weighted by Crippen LogP contribution is 2.25. The summed E-state index contributed by atoms with van der Waals surface area (Å²) in [6.45, 7) is 40.1. The van der Waals surface area contributed by atoms with Crippen LogP contribution in [0.4, 0.5) is 0 Å². The minimum Gasteiger partial charge on any atom is -0.466 e. The van der Waals surface area contributed by atoms with Gasteiger partial charge in [-0.3, -0.25) is 4.79 Å². The highest BCUT2D eigenvalue weighted by molar-refractivity contribution is 5.91. The average Bonchev–Trinajstić information content (AvgIpc) is 4.40. The van der Waals surface area contributed by atoms with Gasteiger partial charge in [0.05, 0.1) is 19.8 Å². The Morgan fingerprint density at radius 3 is 1.06 bits per heavy atom. The molecule has 1 aliphatic rings. The second-order valence-corrected chi connectivity index (χ2v) is 26.7. The van der Waals surface area contributed by atoms with Crippen LogP contribution in [0.3, 0.4) is 0 Å². The molecule has 504 valence electrons. The van der Waals surface area contributed by atoms with E-state index >= 15 is 0 Å². The van der Waals surface area contributed by atoms with Gasteiger partial charge in [0, 0.05) is 6.92 Å². The predicted molar refractivity (Wildman–Crippen MR) is 363 cm³/mol. The lowest BCUT2D eigenvalue weighted by Gasteiger charge is -2.17. The second-order valence-electron chi connectivity index (χ2n) is 26.7. The SMILES string of the molecule is CC(C)=CCC/C(C)=C/CC/C(C)=C/COC(=O)c1ccc(C(=O)OC/C=C(\C)CC/C=C(\C)CCC=C(C)C)o1.CC(C)CCCC(C)CCCC(C)CCOC(=O)C1CCC(C(=O)OCCC(C)CCCC(C)CCCC(C)C)O1.CCOC(C)=O. The maximum atomic E-state index is 12.5. The first kappa shape index (κ1) is 83.0. The first-order chi connectivity index (χ1) is 41.7. The molecule has 0 bridgehead atoms. The van der Waals surface area contributed by atoms with Gasteiger partial charge < -0.3 is 32.8 Å². The van der Waals surface area contributed by atoms with Crippen molar-refractivity contribution in [2.24, 2.45) is 35.5 Å². The van der Waals surface area contributed by atoms with Crippen LogP contribution in [0.5, 0.6) is 0 Å². The maximum absolute atomic E-state index is 12.5. The van der Waals surface area contributed by atoms with Crippen molar-refractivity contribution in [3.8, 4) is 0 Å². The molecule has 12 heteroatoms. The van der Waals surface area contributed by atoms with Gasteiger partial charge in [0.25, 0.3) is 0 Å². The summed E-state index contributed by atoms with van der Waals surface area (Å²) in [6.07, 6.45) is 37.8. The minimum absolute atomic E-state index is 0.0172. The number of furan rings is 1. The lowest BCUT2D eigenvalue weighted by molar-refractivity contribution is -0.165. The molecule has 88 heavy (non-hydrogen) atoms. The minimum atomic E-state index is -0.643. The van der Waals surface area contributed by atoms with Gasteiger partial charge in [0.15, 0.2) is 12.2 Å². The average molecular weight is 1230 g/mol. The summed E-state index contributed by atoms with van der Waals surface area (Å²) in [6, 6.07) is 2.87. The molecule has 0 spiro atoms. The van der Waals surface area contributed by atoms with Crippen LogP contribution in [0.25, 0.3) is 0 Å². The Bertz CT molecular complexity index is 2100. The molecule has 12 nitrogen and oxygen atoms in total. The molecule has 1 saturated heterocycles. The smallest absolute Gasteiger partial charge is 0.374 e. The normalized spacial score (nSPS) is 15.9. The third kappa shape index (κ3) is 48.0. The van der Waals surface area contributed by atoms with Crippen LogP contribution in [-0.4, -0.2) is 75.1 Å². The van der Waals surface area contributed by atoms with E-state index in [0.29, 0.717) is 44.5 Å². The maximum Gasteiger partial charge on any atom is 0.374 e. The first-order valence-electron chi connectivity index (χ1n) is 34.2. The van der Waals surface area contributed by atoms with Crippen molar-refractivity contribution in [2.45, 2.75) is 291 Å². The molecule has 1 aromatic heterocycles. The summed E-state index contributed by atoms with van der Waals surface area (Å²) in [5, 5.41) is 0. The molecule has 6 atom stereocenters. The van der Waals surface area contributed by atoms with Crippen LogP contribution in [-0.2, 0) is 42.8 Å². The molecule has 1 aromatic rings. The van der Waals surface area contributed by atoms with Crippen LogP contribution in [0.2, 0.25) is 0 Å². The van der Waals surface area contributed by atoms with Crippen molar-refractivity contribution < 1.29 is 56.8 Å². The van der Waals surface area contributed by atoms with Gasteiger partial charge in [0.1, 0.15) is 13.2 Å². The van der Waals surface area contributed by atoms with Gasteiger partial charge in [0.2, 0.25) is 11.5 Å². The van der Waals surface area contributed by atoms with Gasteiger partial charge in [-0.05, 0) is 199 Å². The molecule has 0 aliphatic carbocycles. The molecule has 6 unspecified atom stereocenters. The van der Waals surface area contributed by atoms with E-state index in [1.54, 1.807) is 6.92 Å². The summed E-state index contributed by atoms with van der Waals surface area (Å²) in [5.74, 6) is 2.14. The summed E-state index contributed by atoms with van der Waals surface area (Å²) in [5.41, 5.74) is 7.80. The van der Waals surface area contributed by atoms with E-state index in [2.05, 4.69) is 126 Å². The van der Waals surface area contributed by atoms with Crippen molar-refractivity contribution in [1.82, 2.24) is 0 Å². The second kappa shape index (κ2) is 51.7. The highest BCUT2D eigenvalue weighted by Gasteiger charge is 2.37. The predicted octanol–water partition coefficient (Wildman–Crippen LogP) is 20.9. The van der Waals surface area contributed by atoms with Crippen LogP contribution in [0.1, 0.15) is 300 Å². The molecular formula is C76H128O12. The largest absolute Gasteiger partial charge is 0.466 e. The van der Waals surface area contributed by atoms with E-state index in [1.807, 2.05) is 26.0 Å². The topological polar surface area (TPSA) is 154 Å². The third-order valence-corrected chi connectivity index (χ3v) is 15.9. The summed E-state index contributed by atoms with van der Waals surface area (Å²) >= 11 is 0. The lowest BCUT2D eigenvalue weighted by atomic mass is 9.93. The molecule has 2 rings (SSSR count). The van der Waals surface area contributed by atoms with Crippen LogP contribution in [0, 0.1) is 35.5 Å². The van der Waals surface area contributed by atoms with Gasteiger partial charge in [-0.25, -0.2) is 19.2 Å². The zero-order chi connectivity index (χ0) is 66.2. The molecule has 0 saturated carbocycles. The van der Waals surface area contributed by atoms with E-state index in [4.69, 9.17) is 28.1 Å². The Hall–Kier alpha value is -4.97. The number of hydrogen-bond donors (Lipinski definition) is 0. The fourth-order valence-electron chi connectivity index (χ4n) is 9.95. The van der Waals surface area contributed by atoms with Crippen LogP contribution < -0.4 is 0 Å². The molecule has 0 aromatic carbocycles. The number of carbonyl (C=O) groups excluding carboxylic acids is 5. The van der Waals surface area contributed by atoms with E-state index in [0.717, 1.165) is 99.0 Å². The summed E-state index contributed by atoms with van der Waals surface area (Å²) in [7, 11) is 0. The number of rotatable bonds is 43. The Labute approximate surface area is 537 Å². The standard InChI is InChI=1S/C36H68O5.C36H52O5.C4H8O2/c2*1-27(2)13-9-15-29(5)17-11-19-31(7)23-25-39-35(37)33-21-22-34(41-33)36(38)40-26-24-32(8)20-12-18-30(6)16-10-14-28(3)4;1-3-6-4(2)5/h27-34H,9-26H2,1-8H3;13-14,17-18,21-24H,9-12,15-16,19-20,25-26H2,1-8H3;3H2,1-2H3/b;29-17+,30-18+,31-23+,32-24+;. The quantitative estimate of drug-likeness (QED) is 0.0347. The van der Waals surface area contributed by atoms with Crippen molar-refractivity contribution >= 4 is 29.8 Å². The summed E-state index contributed by atoms with van der Waals surface area (Å²) < 4.78 is 37.1. The van der Waals surface area contributed by atoms with Gasteiger partial charge in [-0.2, -0.15) is 0 Å². The van der Waals surface area contributed by atoms with Gasteiger partial charge in [-0.15, -0.1) is 0 Å². The Kier molecular flexibility index (Phi) is 48.8. The summed E-state index contributed by atoms with van der Waals surface area (Å²) in [4.78, 5) is 59.4. The molecule has 1 fully saturated rings. The molecular weight excluding hydrogens is 1100 g/mol. The zero-order valence-corrected chi connectivity index (χ0v) is 59.1. The molecule has 1 aliphatic heterocycles. The zero-order valence-electron chi connectivity index (χ0n) is 59.1. The number of allylic oxidation sites excluding steroid dienone is 10. The Morgan fingerprint density at radius 2 is 0.750 bits per heavy atom. The third-order valence-electron chi connectivity index (χ3n) is 15.9. The van der Waals surface area contributed by atoms with E-state index in [9.17, 15) is 24.0 Å². The molecule has 0 radical (unpaired) electrons. The van der Waals surface area contributed by atoms with Crippen molar-refractivity contribution in [2.75, 3.05) is 33.0 Å². The number of carbonyl (C=O) groups is 5. The Balaban J connectivity index is 0.00000157. The first-order valence-corrected chi connectivity index (χ1v) is 34.2. The van der Waals surface area contributed by atoms with Crippen molar-refractivity contribution in [3.63, 3.8) is 0 Å². The van der Waals surface area contributed by atoms with Crippen molar-refractivity contribution in [1.29, 1.82) is 0 Å². The lowest BCUT2D eigenvalue weighted by Crippen LogP contribution is -2.28. The molecule has 0 N–H and O–H groups in total. The number of esters is 5. The van der Waals surface area contributed by atoms with E-state index < -0.39 is 24.1 Å². The fraction of sp³-hybridized carbons (Fsp3) is 0.724. The number of hydrogen-bond acceptors (Lipinski definition) is 12. The van der Waals surface area contributed by atoms with Gasteiger partial charge in [-0.1, -0.05) is 190 Å². The van der Waals surface area contributed by atoms with Gasteiger partial charge >= 0.3 is 29.8 Å². The highest BCUT2D eigenvalue weighted by atomic mass is 16.6. The monoisotopic (exact) mass is 1230 g/mol. The van der Waals surface area contributed by atoms with Crippen molar-refractivity contribution in [3.05, 3.63) is 93.5 Å². The number of ether oxygens (including phenoxy) is 6. The molecule has 0 amide bonds. The van der Waals surface area contributed by atoms with E-state index in [-0.39, 0.29) is 42.6 Å². The van der Waals surface area contributed by atoms with Crippen LogP contribution in [0.15, 0.2) is 86.4 Å². The fourth-order valence-corrected chi connectivity index (χ4v) is 9.95. The van der Waals surface area contributed by atoms with E-state index in [1.165, 1.54) is 118 Å². The molecule has 2 heterocycles. The Morgan fingerprint density at radius 1 is 0.432 bits per heavy atom. The van der Waals surface area contributed by atoms with Crippen LogP contribution >= 0.6 is 0 Å².